The molecule has 0 fully saturated rings. The number of amides is 3. The Hall–Kier alpha value is -4.93. The SMILES string of the molecule is CCC(Sc1cccc(NC(=O)/C(=C\c2ccccc2[N+](=O)[O-])NC(=O)c2ccccc2)c1)C(=O)Nc1ccc(C)c(Cl)c1. The quantitative estimate of drug-likeness (QED) is 0.0683. The summed E-state index contributed by atoms with van der Waals surface area (Å²) in [6, 6.07) is 26.5. The van der Waals surface area contributed by atoms with Gasteiger partial charge in [-0.15, -0.1) is 11.8 Å². The van der Waals surface area contributed by atoms with E-state index in [1.165, 1.54) is 36.0 Å². The molecule has 4 rings (SSSR count). The van der Waals surface area contributed by atoms with E-state index in [-0.39, 0.29) is 22.9 Å². The van der Waals surface area contributed by atoms with Crippen molar-refractivity contribution >= 4 is 64.2 Å². The number of aryl methyl sites for hydroxylation is 1. The highest BCUT2D eigenvalue weighted by Gasteiger charge is 2.21. The van der Waals surface area contributed by atoms with Gasteiger partial charge in [0.15, 0.2) is 0 Å². The van der Waals surface area contributed by atoms with Gasteiger partial charge in [0.1, 0.15) is 5.70 Å². The van der Waals surface area contributed by atoms with E-state index in [0.29, 0.717) is 28.4 Å². The Kier molecular flexibility index (Phi) is 10.9. The third-order valence-corrected chi connectivity index (χ3v) is 8.20. The van der Waals surface area contributed by atoms with E-state index in [0.717, 1.165) is 10.5 Å². The third kappa shape index (κ3) is 8.56. The van der Waals surface area contributed by atoms with Crippen molar-refractivity contribution in [3.8, 4) is 0 Å². The summed E-state index contributed by atoms with van der Waals surface area (Å²) in [6.45, 7) is 3.78. The fraction of sp³-hybridized carbons (Fsp3) is 0.121. The van der Waals surface area contributed by atoms with Crippen molar-refractivity contribution in [2.24, 2.45) is 0 Å². The second kappa shape index (κ2) is 15.0. The van der Waals surface area contributed by atoms with Crippen LogP contribution in [-0.4, -0.2) is 27.9 Å². The van der Waals surface area contributed by atoms with Crippen molar-refractivity contribution in [3.63, 3.8) is 0 Å². The molecule has 0 bridgehead atoms. The number of benzene rings is 4. The van der Waals surface area contributed by atoms with Crippen LogP contribution < -0.4 is 16.0 Å². The molecule has 224 valence electrons. The van der Waals surface area contributed by atoms with E-state index in [1.54, 1.807) is 66.7 Å². The Labute approximate surface area is 263 Å². The Balaban J connectivity index is 1.54. The van der Waals surface area contributed by atoms with E-state index >= 15 is 0 Å². The van der Waals surface area contributed by atoms with Gasteiger partial charge in [0, 0.05) is 32.9 Å². The minimum Gasteiger partial charge on any atom is -0.325 e. The molecule has 0 aliphatic rings. The maximum absolute atomic E-state index is 13.5. The summed E-state index contributed by atoms with van der Waals surface area (Å²) in [5.41, 5.74) is 1.96. The molecule has 0 aromatic heterocycles. The molecule has 0 spiro atoms. The van der Waals surface area contributed by atoms with E-state index < -0.39 is 22.0 Å². The van der Waals surface area contributed by atoms with Crippen LogP contribution >= 0.6 is 23.4 Å². The average molecular weight is 629 g/mol. The molecule has 0 saturated carbocycles. The number of carbonyl (C=O) groups is 3. The number of thioether (sulfide) groups is 1. The van der Waals surface area contributed by atoms with Crippen LogP contribution in [0.2, 0.25) is 5.02 Å². The van der Waals surface area contributed by atoms with Crippen molar-refractivity contribution in [2.75, 3.05) is 10.6 Å². The van der Waals surface area contributed by atoms with Crippen LogP contribution in [0.25, 0.3) is 6.08 Å². The molecule has 4 aromatic carbocycles. The van der Waals surface area contributed by atoms with Gasteiger partial charge in [-0.2, -0.15) is 0 Å². The molecule has 0 heterocycles. The zero-order chi connectivity index (χ0) is 31.6. The number of hydrogen-bond acceptors (Lipinski definition) is 6. The highest BCUT2D eigenvalue weighted by Crippen LogP contribution is 2.29. The first-order chi connectivity index (χ1) is 21.1. The van der Waals surface area contributed by atoms with Crippen molar-refractivity contribution < 1.29 is 19.3 Å². The molecule has 3 N–H and O–H groups in total. The van der Waals surface area contributed by atoms with Gasteiger partial charge in [-0.3, -0.25) is 24.5 Å². The van der Waals surface area contributed by atoms with Crippen LogP contribution in [0, 0.1) is 17.0 Å². The first kappa shape index (κ1) is 32.0. The normalized spacial score (nSPS) is 11.8. The minimum atomic E-state index is -0.685. The van der Waals surface area contributed by atoms with Crippen molar-refractivity contribution in [3.05, 3.63) is 135 Å². The van der Waals surface area contributed by atoms with Crippen LogP contribution in [0.15, 0.2) is 108 Å². The van der Waals surface area contributed by atoms with Crippen molar-refractivity contribution in [1.82, 2.24) is 5.32 Å². The molecular weight excluding hydrogens is 600 g/mol. The molecule has 9 nitrogen and oxygen atoms in total. The molecule has 1 unspecified atom stereocenters. The van der Waals surface area contributed by atoms with Gasteiger partial charge in [-0.05, 0) is 73.5 Å². The van der Waals surface area contributed by atoms with E-state index in [2.05, 4.69) is 16.0 Å². The molecule has 0 aliphatic heterocycles. The van der Waals surface area contributed by atoms with Crippen LogP contribution in [0.1, 0.15) is 34.8 Å². The fourth-order valence-electron chi connectivity index (χ4n) is 4.10. The summed E-state index contributed by atoms with van der Waals surface area (Å²) in [6.07, 6.45) is 1.81. The molecule has 0 saturated heterocycles. The van der Waals surface area contributed by atoms with Crippen LogP contribution in [-0.2, 0) is 9.59 Å². The van der Waals surface area contributed by atoms with E-state index in [4.69, 9.17) is 11.6 Å². The summed E-state index contributed by atoms with van der Waals surface area (Å²) in [7, 11) is 0. The fourth-order valence-corrected chi connectivity index (χ4v) is 5.29. The lowest BCUT2D eigenvalue weighted by atomic mass is 10.1. The number of nitro groups is 1. The first-order valence-corrected chi connectivity index (χ1v) is 14.9. The first-order valence-electron chi connectivity index (χ1n) is 13.6. The van der Waals surface area contributed by atoms with Gasteiger partial charge >= 0.3 is 0 Å². The molecule has 4 aromatic rings. The summed E-state index contributed by atoms with van der Waals surface area (Å²) >= 11 is 7.53. The second-order valence-corrected chi connectivity index (χ2v) is 11.3. The predicted octanol–water partition coefficient (Wildman–Crippen LogP) is 7.48. The van der Waals surface area contributed by atoms with Gasteiger partial charge in [0.25, 0.3) is 17.5 Å². The second-order valence-electron chi connectivity index (χ2n) is 9.64. The highest BCUT2D eigenvalue weighted by atomic mass is 35.5. The van der Waals surface area contributed by atoms with E-state index in [9.17, 15) is 24.5 Å². The lowest BCUT2D eigenvalue weighted by molar-refractivity contribution is -0.385. The number of nitro benzene ring substituents is 1. The number of para-hydroxylation sites is 1. The van der Waals surface area contributed by atoms with Crippen LogP contribution in [0.4, 0.5) is 17.1 Å². The number of anilines is 2. The Morgan fingerprint density at radius 1 is 0.909 bits per heavy atom. The smallest absolute Gasteiger partial charge is 0.276 e. The Morgan fingerprint density at radius 3 is 2.32 bits per heavy atom. The molecule has 11 heteroatoms. The van der Waals surface area contributed by atoms with Gasteiger partial charge in [0.2, 0.25) is 5.91 Å². The van der Waals surface area contributed by atoms with Crippen LogP contribution in [0.5, 0.6) is 0 Å². The lowest BCUT2D eigenvalue weighted by Crippen LogP contribution is -2.30. The van der Waals surface area contributed by atoms with Crippen LogP contribution in [0.3, 0.4) is 0 Å². The summed E-state index contributed by atoms with van der Waals surface area (Å²) < 4.78 is 0. The standard InChI is InChI=1S/C33H29ClN4O5S/c1-3-30(33(41)36-25-17-16-21(2)27(34)20-25)44-26-14-9-13-24(19-26)35-32(40)28(37-31(39)22-10-5-4-6-11-22)18-23-12-7-8-15-29(23)38(42)43/h4-20,30H,3H2,1-2H3,(H,35,40)(H,36,41)(H,37,39)/b28-18+. The third-order valence-electron chi connectivity index (χ3n) is 6.43. The van der Waals surface area contributed by atoms with Crippen molar-refractivity contribution in [2.45, 2.75) is 30.4 Å². The molecule has 44 heavy (non-hydrogen) atoms. The molecule has 1 atom stereocenters. The molecule has 0 aliphatic carbocycles. The molecule has 0 radical (unpaired) electrons. The monoisotopic (exact) mass is 628 g/mol. The maximum atomic E-state index is 13.5. The lowest BCUT2D eigenvalue weighted by Gasteiger charge is -2.16. The van der Waals surface area contributed by atoms with E-state index in [1.807, 2.05) is 26.0 Å². The number of rotatable bonds is 11. The zero-order valence-corrected chi connectivity index (χ0v) is 25.4. The molecular formula is C33H29ClN4O5S. The number of halogens is 1. The zero-order valence-electron chi connectivity index (χ0n) is 23.9. The number of carbonyl (C=O) groups excluding carboxylic acids is 3. The summed E-state index contributed by atoms with van der Waals surface area (Å²) in [5, 5.41) is 20.0. The van der Waals surface area contributed by atoms with Gasteiger partial charge in [0.05, 0.1) is 15.7 Å². The predicted molar refractivity (Wildman–Crippen MR) is 175 cm³/mol. The van der Waals surface area contributed by atoms with Gasteiger partial charge < -0.3 is 16.0 Å². The number of hydrogen-bond donors (Lipinski definition) is 3. The van der Waals surface area contributed by atoms with Gasteiger partial charge in [-0.25, -0.2) is 0 Å². The topological polar surface area (TPSA) is 130 Å². The molecule has 3 amide bonds. The largest absolute Gasteiger partial charge is 0.325 e. The Bertz CT molecular complexity index is 1730. The average Bonchev–Trinajstić information content (AvgIpc) is 3.02. The summed E-state index contributed by atoms with van der Waals surface area (Å²) in [4.78, 5) is 51.2. The number of nitrogens with zero attached hydrogens (tertiary/aromatic N) is 1. The Morgan fingerprint density at radius 2 is 1.61 bits per heavy atom. The van der Waals surface area contributed by atoms with Crippen molar-refractivity contribution in [1.29, 1.82) is 0 Å². The maximum Gasteiger partial charge on any atom is 0.276 e. The number of nitrogens with one attached hydrogen (secondary N) is 3. The minimum absolute atomic E-state index is 0.145. The highest BCUT2D eigenvalue weighted by molar-refractivity contribution is 8.00. The summed E-state index contributed by atoms with van der Waals surface area (Å²) in [5.74, 6) is -1.43. The van der Waals surface area contributed by atoms with Gasteiger partial charge in [-0.1, -0.05) is 61.0 Å².